The van der Waals surface area contributed by atoms with Crippen LogP contribution in [0.5, 0.6) is 46.0 Å². The van der Waals surface area contributed by atoms with Gasteiger partial charge in [-0.05, 0) is 51.4 Å². The molecule has 12 heteroatoms. The van der Waals surface area contributed by atoms with Gasteiger partial charge in [0, 0.05) is 51.7 Å². The van der Waals surface area contributed by atoms with Crippen LogP contribution in [0.15, 0.2) is 24.3 Å². The molecule has 0 aliphatic heterocycles. The zero-order valence-corrected chi connectivity index (χ0v) is 32.9. The Balaban J connectivity index is 1.71. The van der Waals surface area contributed by atoms with Crippen LogP contribution >= 0.6 is 0 Å². The molecule has 2 aromatic carbocycles. The Bertz CT molecular complexity index is 1170. The largest absolute Gasteiger partial charge is 0.493 e. The quantitative estimate of drug-likeness (QED) is 0.0407. The topological polar surface area (TPSA) is 111 Å². The number of unbranched alkanes of at least 4 members (excludes halogenated alkanes) is 10. The summed E-state index contributed by atoms with van der Waals surface area (Å²) in [6.07, 6.45) is 19.8. The van der Waals surface area contributed by atoms with E-state index in [1.807, 2.05) is 0 Å². The first-order chi connectivity index (χ1) is 25.5. The molecule has 2 rings (SSSR count). The van der Waals surface area contributed by atoms with Gasteiger partial charge in [0.25, 0.3) is 0 Å². The van der Waals surface area contributed by atoms with Gasteiger partial charge in [0.2, 0.25) is 0 Å². The Morgan fingerprint density at radius 2 is 0.712 bits per heavy atom. The van der Waals surface area contributed by atoms with Crippen molar-refractivity contribution in [1.82, 2.24) is 0 Å². The van der Waals surface area contributed by atoms with Gasteiger partial charge < -0.3 is 56.8 Å². The highest BCUT2D eigenvalue weighted by molar-refractivity contribution is 5.62. The Morgan fingerprint density at radius 1 is 0.365 bits per heavy atom. The molecule has 0 unspecified atom stereocenters. The number of benzene rings is 2. The first kappa shape index (κ1) is 44.6. The molecule has 0 amide bonds. The molecule has 0 saturated carbocycles. The lowest BCUT2D eigenvalue weighted by atomic mass is 10.0. The highest BCUT2D eigenvalue weighted by Gasteiger charge is 2.23. The van der Waals surface area contributed by atoms with Crippen molar-refractivity contribution >= 4 is 0 Å². The molecule has 12 nitrogen and oxygen atoms in total. The normalized spacial score (nSPS) is 11.2. The summed E-state index contributed by atoms with van der Waals surface area (Å²) in [7, 11) is 12.8. The van der Waals surface area contributed by atoms with Crippen molar-refractivity contribution < 1.29 is 56.8 Å². The van der Waals surface area contributed by atoms with Gasteiger partial charge in [-0.3, -0.25) is 0 Å². The highest BCUT2D eigenvalue weighted by Crippen LogP contribution is 2.47. The average molecular weight is 737 g/mol. The summed E-state index contributed by atoms with van der Waals surface area (Å²) in [5.74, 6) is 4.77. The van der Waals surface area contributed by atoms with Crippen LogP contribution in [0.25, 0.3) is 0 Å². The molecule has 0 N–H and O–H groups in total. The number of hydrogen-bond donors (Lipinski definition) is 0. The molecular weight excluding hydrogens is 672 g/mol. The van der Waals surface area contributed by atoms with Crippen LogP contribution in [0.3, 0.4) is 0 Å². The number of allylic oxidation sites excluding steroid dienone is 2. The van der Waals surface area contributed by atoms with E-state index in [9.17, 15) is 0 Å². The van der Waals surface area contributed by atoms with Crippen LogP contribution in [0.1, 0.15) is 88.2 Å². The fraction of sp³-hybridized carbons (Fsp3) is 0.650. The van der Waals surface area contributed by atoms with Crippen LogP contribution in [-0.4, -0.2) is 84.1 Å². The van der Waals surface area contributed by atoms with E-state index < -0.39 is 0 Å². The van der Waals surface area contributed by atoms with E-state index in [-0.39, 0.29) is 27.2 Å². The van der Waals surface area contributed by atoms with Crippen LogP contribution in [-0.2, 0) is 31.8 Å². The second kappa shape index (κ2) is 28.0. The van der Waals surface area contributed by atoms with Gasteiger partial charge in [-0.15, -0.1) is 0 Å². The summed E-state index contributed by atoms with van der Waals surface area (Å²) in [4.78, 5) is 0. The SMILES string of the molecule is COCOc1cc(OC)c(OCOC)c(CCCCCCC/C=C/CCCCCCCc2c(OC)c(OCOC)cc(OC)c2OCOC)c1OC. The minimum absolute atomic E-state index is 0.106. The van der Waals surface area contributed by atoms with Gasteiger partial charge in [-0.25, -0.2) is 0 Å². The summed E-state index contributed by atoms with van der Waals surface area (Å²) in [6, 6.07) is 3.52. The molecule has 0 aliphatic rings. The van der Waals surface area contributed by atoms with Gasteiger partial charge >= 0.3 is 0 Å². The molecule has 0 heterocycles. The molecule has 0 bridgehead atoms. The lowest BCUT2D eigenvalue weighted by molar-refractivity contribution is 0.0444. The number of hydrogen-bond acceptors (Lipinski definition) is 12. The Labute approximate surface area is 311 Å². The van der Waals surface area contributed by atoms with E-state index in [1.165, 1.54) is 38.5 Å². The smallest absolute Gasteiger partial charge is 0.188 e. The summed E-state index contributed by atoms with van der Waals surface area (Å²) >= 11 is 0. The van der Waals surface area contributed by atoms with Crippen molar-refractivity contribution in [1.29, 1.82) is 0 Å². The maximum atomic E-state index is 5.90. The fourth-order valence-electron chi connectivity index (χ4n) is 5.94. The Kier molecular flexibility index (Phi) is 24.0. The van der Waals surface area contributed by atoms with Gasteiger partial charge in [-0.1, -0.05) is 50.7 Å². The summed E-state index contributed by atoms with van der Waals surface area (Å²) in [5, 5.41) is 0. The van der Waals surface area contributed by atoms with E-state index in [1.54, 1.807) is 69.0 Å². The van der Waals surface area contributed by atoms with Crippen molar-refractivity contribution in [2.24, 2.45) is 0 Å². The van der Waals surface area contributed by atoms with Gasteiger partial charge in [0.15, 0.2) is 73.2 Å². The molecule has 0 aromatic heterocycles. The van der Waals surface area contributed by atoms with Crippen molar-refractivity contribution in [3.8, 4) is 46.0 Å². The van der Waals surface area contributed by atoms with Crippen LogP contribution < -0.4 is 37.9 Å². The molecule has 296 valence electrons. The Morgan fingerprint density at radius 3 is 1.06 bits per heavy atom. The molecule has 0 spiro atoms. The standard InChI is InChI=1S/C40H64O12/c1-41-27-49-35-25-33(45-5)39(51-29-43-3)31(37(35)47-7)23-21-19-17-15-13-11-9-10-12-14-16-18-20-22-24-32-38(48-8)36(50-28-42-2)26-34(46-6)40(32)52-30-44-4/h9-10,25-26H,11-24,27-30H2,1-8H3/b10-9+. The minimum Gasteiger partial charge on any atom is -0.493 e. The maximum absolute atomic E-state index is 5.90. The highest BCUT2D eigenvalue weighted by atomic mass is 16.7. The summed E-state index contributed by atoms with van der Waals surface area (Å²) in [5.41, 5.74) is 1.82. The third-order valence-corrected chi connectivity index (χ3v) is 8.43. The first-order valence-corrected chi connectivity index (χ1v) is 18.2. The third-order valence-electron chi connectivity index (χ3n) is 8.43. The third kappa shape index (κ3) is 15.2. The van der Waals surface area contributed by atoms with E-state index in [0.29, 0.717) is 46.0 Å². The lowest BCUT2D eigenvalue weighted by Gasteiger charge is -2.20. The lowest BCUT2D eigenvalue weighted by Crippen LogP contribution is -2.08. The number of methoxy groups -OCH3 is 8. The summed E-state index contributed by atoms with van der Waals surface area (Å²) < 4.78 is 66.5. The van der Waals surface area contributed by atoms with Gasteiger partial charge in [0.1, 0.15) is 0 Å². The van der Waals surface area contributed by atoms with E-state index in [2.05, 4.69) is 12.2 Å². The van der Waals surface area contributed by atoms with Crippen molar-refractivity contribution in [3.05, 3.63) is 35.4 Å². The van der Waals surface area contributed by atoms with Gasteiger partial charge in [-0.2, -0.15) is 0 Å². The maximum Gasteiger partial charge on any atom is 0.188 e. The zero-order chi connectivity index (χ0) is 37.8. The molecule has 0 saturated heterocycles. The molecule has 52 heavy (non-hydrogen) atoms. The van der Waals surface area contributed by atoms with E-state index in [0.717, 1.165) is 62.5 Å². The second-order valence-corrected chi connectivity index (χ2v) is 12.1. The molecule has 0 aliphatic carbocycles. The van der Waals surface area contributed by atoms with Crippen molar-refractivity contribution in [2.75, 3.05) is 84.1 Å². The number of rotatable bonds is 32. The van der Waals surface area contributed by atoms with E-state index in [4.69, 9.17) is 56.8 Å². The average Bonchev–Trinajstić information content (AvgIpc) is 3.17. The van der Waals surface area contributed by atoms with Gasteiger partial charge in [0.05, 0.1) is 28.4 Å². The molecule has 2 aromatic rings. The summed E-state index contributed by atoms with van der Waals surface area (Å²) in [6.45, 7) is 0.435. The fourth-order valence-corrected chi connectivity index (χ4v) is 5.94. The predicted octanol–water partition coefficient (Wildman–Crippen LogP) is 8.67. The first-order valence-electron chi connectivity index (χ1n) is 18.2. The molecule has 0 atom stereocenters. The van der Waals surface area contributed by atoms with Crippen LogP contribution in [0.4, 0.5) is 0 Å². The minimum atomic E-state index is 0.106. The molecular formula is C40H64O12. The van der Waals surface area contributed by atoms with E-state index >= 15 is 0 Å². The Hall–Kier alpha value is -3.58. The monoisotopic (exact) mass is 736 g/mol. The van der Waals surface area contributed by atoms with Crippen molar-refractivity contribution in [3.63, 3.8) is 0 Å². The zero-order valence-electron chi connectivity index (χ0n) is 32.9. The molecule has 0 fully saturated rings. The van der Waals surface area contributed by atoms with Crippen LogP contribution in [0.2, 0.25) is 0 Å². The van der Waals surface area contributed by atoms with Crippen molar-refractivity contribution in [2.45, 2.75) is 89.9 Å². The second-order valence-electron chi connectivity index (χ2n) is 12.1. The predicted molar refractivity (Wildman–Crippen MR) is 201 cm³/mol. The number of ether oxygens (including phenoxy) is 12. The van der Waals surface area contributed by atoms with Crippen LogP contribution in [0, 0.1) is 0 Å². The molecule has 0 radical (unpaired) electrons.